The van der Waals surface area contributed by atoms with Gasteiger partial charge >= 0.3 is 5.97 Å². The lowest BCUT2D eigenvalue weighted by Gasteiger charge is -2.04. The predicted octanol–water partition coefficient (Wildman–Crippen LogP) is 19.1. The number of halogens is 6. The maximum absolute atomic E-state index is 14.3. The minimum Gasteiger partial charge on any atom is -0.477 e. The summed E-state index contributed by atoms with van der Waals surface area (Å²) in [6, 6.07) is 0. The summed E-state index contributed by atoms with van der Waals surface area (Å²) >= 11 is 18.4. The SMILES string of the molecule is CCCCCCCC(=O)C1=C(F)C2CSCC2S1.CCCCCCCC(=O)c1sc2c(Br)sc(Br)c2c1F.CCCCCCCC(=O)c1sc2cscc2c1F.O=C(O)C1=C(F)C2CSCC2S1. The number of ketones is 3. The lowest BCUT2D eigenvalue weighted by atomic mass is 10.0. The Labute approximate surface area is 448 Å². The third kappa shape index (κ3) is 15.9. The molecule has 0 aliphatic carbocycles. The second-order valence-electron chi connectivity index (χ2n) is 17.0. The predicted molar refractivity (Wildman–Crippen MR) is 297 cm³/mol. The van der Waals surface area contributed by atoms with Crippen molar-refractivity contribution in [3.63, 3.8) is 0 Å². The molecule has 2 saturated heterocycles. The molecule has 68 heavy (non-hydrogen) atoms. The molecule has 0 aromatic carbocycles. The van der Waals surface area contributed by atoms with Gasteiger partial charge in [0, 0.05) is 85.5 Å². The van der Waals surface area contributed by atoms with Gasteiger partial charge in [-0.2, -0.15) is 34.9 Å². The van der Waals surface area contributed by atoms with E-state index in [0.29, 0.717) is 45.1 Å². The minimum atomic E-state index is -1.11. The van der Waals surface area contributed by atoms with Crippen LogP contribution in [-0.4, -0.2) is 61.9 Å². The van der Waals surface area contributed by atoms with Crippen molar-refractivity contribution in [2.75, 3.05) is 23.0 Å². The Morgan fingerprint density at radius 3 is 1.51 bits per heavy atom. The molecule has 4 aromatic heterocycles. The van der Waals surface area contributed by atoms with E-state index in [1.807, 2.05) is 5.38 Å². The number of fused-ring (bicyclic) bond motifs is 4. The van der Waals surface area contributed by atoms with E-state index >= 15 is 0 Å². The van der Waals surface area contributed by atoms with E-state index in [9.17, 15) is 36.7 Å². The number of aliphatic carboxylic acids is 1. The molecule has 0 amide bonds. The van der Waals surface area contributed by atoms with Crippen molar-refractivity contribution in [3.05, 3.63) is 61.2 Å². The van der Waals surface area contributed by atoms with E-state index in [1.54, 1.807) is 28.9 Å². The number of unbranched alkanes of at least 4 members (excludes halogenated alkanes) is 12. The zero-order valence-electron chi connectivity index (χ0n) is 38.6. The number of allylic oxidation sites excluding steroid dienone is 3. The summed E-state index contributed by atoms with van der Waals surface area (Å²) in [6.07, 6.45) is 18.1. The van der Waals surface area contributed by atoms with Gasteiger partial charge in [0.15, 0.2) is 29.0 Å². The van der Waals surface area contributed by atoms with E-state index in [2.05, 4.69) is 52.6 Å². The Morgan fingerprint density at radius 2 is 1.04 bits per heavy atom. The molecule has 376 valence electrons. The highest BCUT2D eigenvalue weighted by molar-refractivity contribution is 9.12. The number of hydrogen-bond donors (Lipinski definition) is 1. The largest absolute Gasteiger partial charge is 0.477 e. The second kappa shape index (κ2) is 29.9. The molecule has 0 radical (unpaired) electrons. The molecule has 4 atom stereocenters. The topological polar surface area (TPSA) is 88.5 Å². The van der Waals surface area contributed by atoms with Crippen LogP contribution in [0.5, 0.6) is 0 Å². The average Bonchev–Trinajstić information content (AvgIpc) is 4.19. The van der Waals surface area contributed by atoms with E-state index in [0.717, 1.165) is 84.9 Å². The normalized spacial score (nSPS) is 19.4. The molecule has 0 spiro atoms. The highest BCUT2D eigenvalue weighted by atomic mass is 79.9. The summed E-state index contributed by atoms with van der Waals surface area (Å²) in [4.78, 5) is 47.6. The molecule has 0 saturated carbocycles. The molecule has 0 bridgehead atoms. The van der Waals surface area contributed by atoms with Crippen molar-refractivity contribution in [3.8, 4) is 0 Å². The third-order valence-corrected chi connectivity index (χ3v) is 23.7. The number of rotatable bonds is 22. The van der Waals surface area contributed by atoms with Crippen LogP contribution in [0.15, 0.2) is 39.8 Å². The van der Waals surface area contributed by atoms with Gasteiger partial charge in [-0.25, -0.2) is 22.4 Å². The third-order valence-electron chi connectivity index (χ3n) is 11.8. The van der Waals surface area contributed by atoms with Crippen LogP contribution in [-0.2, 0) is 9.59 Å². The molecule has 1 N–H and O–H groups in total. The molecule has 4 aliphatic rings. The lowest BCUT2D eigenvalue weighted by Crippen LogP contribution is -2.09. The van der Waals surface area contributed by atoms with Gasteiger partial charge < -0.3 is 5.11 Å². The number of carboxylic acids is 1. The van der Waals surface area contributed by atoms with E-state index < -0.39 is 11.8 Å². The zero-order chi connectivity index (χ0) is 49.3. The lowest BCUT2D eigenvalue weighted by molar-refractivity contribution is -0.132. The summed E-state index contributed by atoms with van der Waals surface area (Å²) in [6.45, 7) is 6.50. The maximum atomic E-state index is 14.3. The van der Waals surface area contributed by atoms with Gasteiger partial charge in [0.2, 0.25) is 0 Å². The molecule has 19 heteroatoms. The molecule has 8 rings (SSSR count). The highest BCUT2D eigenvalue weighted by Crippen LogP contribution is 2.51. The van der Waals surface area contributed by atoms with Gasteiger partial charge in [-0.3, -0.25) is 14.4 Å². The van der Waals surface area contributed by atoms with Gasteiger partial charge in [-0.15, -0.1) is 57.5 Å². The Bertz CT molecular complexity index is 2390. The fraction of sp³-hybridized carbons (Fsp3) is 0.592. The zero-order valence-corrected chi connectivity index (χ0v) is 48.3. The average molecular weight is 1220 g/mol. The van der Waals surface area contributed by atoms with Crippen LogP contribution in [0, 0.1) is 23.5 Å². The molecular weight excluding hydrogens is 1160 g/mol. The number of thiophene rings is 4. The van der Waals surface area contributed by atoms with Crippen molar-refractivity contribution < 1.29 is 41.8 Å². The van der Waals surface area contributed by atoms with Crippen molar-refractivity contribution >= 4 is 168 Å². The Hall–Kier alpha value is -0.640. The van der Waals surface area contributed by atoms with Gasteiger partial charge in [-0.1, -0.05) is 97.8 Å². The number of hydrogen-bond acceptors (Lipinski definition) is 12. The Morgan fingerprint density at radius 1 is 0.574 bits per heavy atom. The van der Waals surface area contributed by atoms with Crippen LogP contribution >= 0.6 is 124 Å². The summed E-state index contributed by atoms with van der Waals surface area (Å²) in [5.74, 6) is 1.02. The monoisotopic (exact) mass is 1220 g/mol. The van der Waals surface area contributed by atoms with Crippen LogP contribution in [0.25, 0.3) is 20.2 Å². The number of Topliss-reactive ketones (excluding diaryl/α,β-unsaturated/α-hetero) is 3. The van der Waals surface area contributed by atoms with Crippen LogP contribution in [0.3, 0.4) is 0 Å². The van der Waals surface area contributed by atoms with Crippen LogP contribution in [0.1, 0.15) is 156 Å². The fourth-order valence-electron chi connectivity index (χ4n) is 7.95. The molecule has 2 fully saturated rings. The maximum Gasteiger partial charge on any atom is 0.344 e. The molecule has 5 nitrogen and oxygen atoms in total. The minimum absolute atomic E-state index is 0.0269. The molecule has 4 aliphatic heterocycles. The van der Waals surface area contributed by atoms with Gasteiger partial charge in [0.25, 0.3) is 0 Å². The summed E-state index contributed by atoms with van der Waals surface area (Å²) in [5.41, 5.74) is 0. The molecular formula is C49H60Br2F4O5S8. The van der Waals surface area contributed by atoms with Gasteiger partial charge in [0.05, 0.1) is 22.6 Å². The first-order chi connectivity index (χ1) is 32.7. The first-order valence-electron chi connectivity index (χ1n) is 23.5. The molecule has 4 unspecified atom stereocenters. The second-order valence-corrected chi connectivity index (χ2v) is 28.1. The van der Waals surface area contributed by atoms with Crippen LogP contribution in [0.4, 0.5) is 17.6 Å². The summed E-state index contributed by atoms with van der Waals surface area (Å²) in [7, 11) is 0. The van der Waals surface area contributed by atoms with E-state index in [4.69, 9.17) is 5.11 Å². The Balaban J connectivity index is 0.000000172. The Kier molecular flexibility index (Phi) is 25.6. The standard InChI is InChI=1S/C14H15Br2FOS2.C14H21FOS2.C14H17FOS2.C7H7FO2S2/c1-2-3-4-5-6-7-8(18)11-10(17)9-12(19-11)14(16)20-13(9)15;2*1-2-3-4-5-6-7-11(16)14-13(15)10-8-17-9-12(10)18-14;8-5-3-1-11-2-4(3)12-6(5)7(9)10/h2-7H2,1H3;10,12H,2-9H2,1H3;8-9H,2-7H2,1H3;3-4H,1-2H2,(H,9,10). The molecule has 4 aromatic rings. The number of thioether (sulfide) groups is 4. The van der Waals surface area contributed by atoms with Crippen LogP contribution in [0.2, 0.25) is 0 Å². The van der Waals surface area contributed by atoms with Crippen molar-refractivity contribution in [1.82, 2.24) is 0 Å². The fourth-order valence-corrected chi connectivity index (χ4v) is 20.5. The highest BCUT2D eigenvalue weighted by Gasteiger charge is 2.43. The van der Waals surface area contributed by atoms with E-state index in [1.165, 1.54) is 120 Å². The van der Waals surface area contributed by atoms with Crippen molar-refractivity contribution in [2.45, 2.75) is 147 Å². The van der Waals surface area contributed by atoms with Crippen molar-refractivity contribution in [1.29, 1.82) is 0 Å². The first-order valence-corrected chi connectivity index (χ1v) is 32.6. The smallest absolute Gasteiger partial charge is 0.344 e. The number of carbonyl (C=O) groups excluding carboxylic acids is 3. The number of carbonyl (C=O) groups is 4. The van der Waals surface area contributed by atoms with Crippen LogP contribution < -0.4 is 0 Å². The van der Waals surface area contributed by atoms with Gasteiger partial charge in [0.1, 0.15) is 26.3 Å². The first kappa shape index (κ1) is 58.3. The molecule has 8 heterocycles. The van der Waals surface area contributed by atoms with Crippen molar-refractivity contribution in [2.24, 2.45) is 11.8 Å². The summed E-state index contributed by atoms with van der Waals surface area (Å²) < 4.78 is 58.9. The summed E-state index contributed by atoms with van der Waals surface area (Å²) in [5, 5.41) is 13.9. The quantitative estimate of drug-likeness (QED) is 0.0470. The van der Waals surface area contributed by atoms with Gasteiger partial charge in [-0.05, 0) is 51.1 Å². The number of carboxylic acid groups (broad SMARTS) is 1. The van der Waals surface area contributed by atoms with E-state index in [-0.39, 0.29) is 61.7 Å².